The van der Waals surface area contributed by atoms with E-state index in [1.165, 1.54) is 0 Å². The van der Waals surface area contributed by atoms with Gasteiger partial charge in [-0.05, 0) is 19.1 Å². The van der Waals surface area contributed by atoms with Crippen molar-refractivity contribution in [2.45, 2.75) is 13.3 Å². The van der Waals surface area contributed by atoms with Gasteiger partial charge in [0.1, 0.15) is 5.75 Å². The van der Waals surface area contributed by atoms with Crippen molar-refractivity contribution in [2.24, 2.45) is 0 Å². The molecule has 0 saturated heterocycles. The van der Waals surface area contributed by atoms with Crippen molar-refractivity contribution < 1.29 is 9.53 Å². The third-order valence-corrected chi connectivity index (χ3v) is 2.46. The first-order valence-corrected chi connectivity index (χ1v) is 5.87. The van der Waals surface area contributed by atoms with Gasteiger partial charge in [-0.1, -0.05) is 12.0 Å². The molecule has 1 aromatic rings. The molecule has 0 aliphatic heterocycles. The number of anilines is 1. The average molecular weight is 246 g/mol. The summed E-state index contributed by atoms with van der Waals surface area (Å²) in [5, 5.41) is 0. The van der Waals surface area contributed by atoms with Crippen LogP contribution in [0.25, 0.3) is 0 Å². The number of benzene rings is 1. The molecule has 1 rings (SSSR count). The fourth-order valence-corrected chi connectivity index (χ4v) is 1.51. The maximum Gasteiger partial charge on any atom is 0.226 e. The summed E-state index contributed by atoms with van der Waals surface area (Å²) in [6.07, 6.45) is 5.50. The molecule has 0 fully saturated rings. The summed E-state index contributed by atoms with van der Waals surface area (Å²) in [5.41, 5.74) is 6.26. The molecular weight excluding hydrogens is 228 g/mol. The van der Waals surface area contributed by atoms with Gasteiger partial charge in [-0.15, -0.1) is 6.42 Å². The van der Waals surface area contributed by atoms with Gasteiger partial charge < -0.3 is 15.4 Å². The van der Waals surface area contributed by atoms with E-state index < -0.39 is 0 Å². The Kier molecular flexibility index (Phi) is 5.59. The number of nitrogen functional groups attached to an aromatic ring is 1. The molecule has 0 radical (unpaired) electrons. The topological polar surface area (TPSA) is 55.6 Å². The minimum atomic E-state index is -0.000599. The van der Waals surface area contributed by atoms with Gasteiger partial charge in [0.25, 0.3) is 0 Å². The number of carbonyl (C=O) groups excluding carboxylic acids is 1. The highest BCUT2D eigenvalue weighted by Gasteiger charge is 2.09. The molecule has 0 saturated carbocycles. The second-order valence-corrected chi connectivity index (χ2v) is 3.78. The standard InChI is InChI=1S/C14H18N2O2/c1-3-9-16(4-2)14(17)8-10-18-13-7-5-6-12(15)11-13/h1,5-7,11H,4,8-10,15H2,2H3. The minimum Gasteiger partial charge on any atom is -0.493 e. The molecule has 0 bridgehead atoms. The van der Waals surface area contributed by atoms with Crippen LogP contribution in [0.3, 0.4) is 0 Å². The Hall–Kier alpha value is -2.15. The number of ether oxygens (including phenoxy) is 1. The van der Waals surface area contributed by atoms with Gasteiger partial charge in [0.2, 0.25) is 5.91 Å². The summed E-state index contributed by atoms with van der Waals surface area (Å²) in [6, 6.07) is 7.12. The zero-order valence-electron chi connectivity index (χ0n) is 10.6. The second-order valence-electron chi connectivity index (χ2n) is 3.78. The third kappa shape index (κ3) is 4.38. The Morgan fingerprint density at radius 2 is 2.33 bits per heavy atom. The first kappa shape index (κ1) is 13.9. The molecule has 0 aromatic heterocycles. The zero-order chi connectivity index (χ0) is 13.4. The van der Waals surface area contributed by atoms with E-state index in [9.17, 15) is 4.79 Å². The van der Waals surface area contributed by atoms with Crippen LogP contribution in [0.5, 0.6) is 5.75 Å². The largest absolute Gasteiger partial charge is 0.493 e. The number of rotatable bonds is 6. The first-order valence-electron chi connectivity index (χ1n) is 5.87. The number of hydrogen-bond donors (Lipinski definition) is 1. The fraction of sp³-hybridized carbons (Fsp3) is 0.357. The zero-order valence-corrected chi connectivity index (χ0v) is 10.6. The molecule has 4 heteroatoms. The van der Waals surface area contributed by atoms with Crippen LogP contribution in [-0.2, 0) is 4.79 Å². The van der Waals surface area contributed by atoms with Gasteiger partial charge in [-0.25, -0.2) is 0 Å². The van der Waals surface area contributed by atoms with Gasteiger partial charge in [0.15, 0.2) is 0 Å². The predicted octanol–water partition coefficient (Wildman–Crippen LogP) is 1.52. The molecule has 0 unspecified atom stereocenters. The maximum atomic E-state index is 11.7. The Morgan fingerprint density at radius 1 is 1.56 bits per heavy atom. The van der Waals surface area contributed by atoms with Crippen LogP contribution in [0.4, 0.5) is 5.69 Å². The molecule has 96 valence electrons. The van der Waals surface area contributed by atoms with E-state index >= 15 is 0 Å². The second kappa shape index (κ2) is 7.23. The SMILES string of the molecule is C#CCN(CC)C(=O)CCOc1cccc(N)c1. The Balaban J connectivity index is 2.37. The molecule has 2 N–H and O–H groups in total. The molecule has 1 aromatic carbocycles. The molecule has 0 spiro atoms. The fourth-order valence-electron chi connectivity index (χ4n) is 1.51. The van der Waals surface area contributed by atoms with Gasteiger partial charge in [-0.3, -0.25) is 4.79 Å². The van der Waals surface area contributed by atoms with E-state index in [0.29, 0.717) is 37.6 Å². The monoisotopic (exact) mass is 246 g/mol. The van der Waals surface area contributed by atoms with E-state index in [2.05, 4.69) is 5.92 Å². The van der Waals surface area contributed by atoms with E-state index in [1.807, 2.05) is 13.0 Å². The van der Waals surface area contributed by atoms with Crippen molar-refractivity contribution in [3.05, 3.63) is 24.3 Å². The number of nitrogens with two attached hydrogens (primary N) is 1. The Labute approximate surface area is 108 Å². The van der Waals surface area contributed by atoms with Crippen LogP contribution in [0.2, 0.25) is 0 Å². The number of amides is 1. The lowest BCUT2D eigenvalue weighted by atomic mass is 10.3. The molecule has 0 aliphatic rings. The highest BCUT2D eigenvalue weighted by Crippen LogP contribution is 2.14. The normalized spacial score (nSPS) is 9.56. The van der Waals surface area contributed by atoms with Crippen molar-refractivity contribution >= 4 is 11.6 Å². The summed E-state index contributed by atoms with van der Waals surface area (Å²) in [4.78, 5) is 13.4. The number of hydrogen-bond acceptors (Lipinski definition) is 3. The van der Waals surface area contributed by atoms with E-state index in [-0.39, 0.29) is 5.91 Å². The van der Waals surface area contributed by atoms with Crippen molar-refractivity contribution in [1.82, 2.24) is 4.90 Å². The molecule has 4 nitrogen and oxygen atoms in total. The maximum absolute atomic E-state index is 11.7. The van der Waals surface area contributed by atoms with Crippen molar-refractivity contribution in [1.29, 1.82) is 0 Å². The highest BCUT2D eigenvalue weighted by molar-refractivity contribution is 5.76. The molecule has 1 amide bonds. The molecular formula is C14H18N2O2. The Bertz CT molecular complexity index is 438. The van der Waals surface area contributed by atoms with Crippen LogP contribution < -0.4 is 10.5 Å². The van der Waals surface area contributed by atoms with E-state index in [4.69, 9.17) is 16.9 Å². The molecule has 0 heterocycles. The Morgan fingerprint density at radius 3 is 2.94 bits per heavy atom. The van der Waals surface area contributed by atoms with Gasteiger partial charge in [0.05, 0.1) is 19.6 Å². The highest BCUT2D eigenvalue weighted by atomic mass is 16.5. The van der Waals surface area contributed by atoms with E-state index in [1.54, 1.807) is 23.1 Å². The third-order valence-electron chi connectivity index (χ3n) is 2.46. The van der Waals surface area contributed by atoms with Gasteiger partial charge >= 0.3 is 0 Å². The summed E-state index contributed by atoms with van der Waals surface area (Å²) in [6.45, 7) is 3.17. The predicted molar refractivity (Wildman–Crippen MR) is 72.1 cm³/mol. The van der Waals surface area contributed by atoms with Gasteiger partial charge in [-0.2, -0.15) is 0 Å². The van der Waals surface area contributed by atoms with Crippen LogP contribution in [0, 0.1) is 12.3 Å². The van der Waals surface area contributed by atoms with Gasteiger partial charge in [0, 0.05) is 18.3 Å². The van der Waals surface area contributed by atoms with Crippen LogP contribution in [-0.4, -0.2) is 30.5 Å². The number of carbonyl (C=O) groups is 1. The van der Waals surface area contributed by atoms with Crippen LogP contribution >= 0.6 is 0 Å². The lowest BCUT2D eigenvalue weighted by Crippen LogP contribution is -2.32. The number of terminal acetylenes is 1. The van der Waals surface area contributed by atoms with Crippen molar-refractivity contribution in [2.75, 3.05) is 25.4 Å². The van der Waals surface area contributed by atoms with Crippen LogP contribution in [0.15, 0.2) is 24.3 Å². The minimum absolute atomic E-state index is 0.000599. The lowest BCUT2D eigenvalue weighted by Gasteiger charge is -2.17. The summed E-state index contributed by atoms with van der Waals surface area (Å²) >= 11 is 0. The van der Waals surface area contributed by atoms with Crippen molar-refractivity contribution in [3.63, 3.8) is 0 Å². The molecule has 18 heavy (non-hydrogen) atoms. The smallest absolute Gasteiger partial charge is 0.226 e. The summed E-state index contributed by atoms with van der Waals surface area (Å²) in [5.74, 6) is 3.13. The summed E-state index contributed by atoms with van der Waals surface area (Å²) < 4.78 is 5.45. The molecule has 0 atom stereocenters. The average Bonchev–Trinajstić information content (AvgIpc) is 2.36. The van der Waals surface area contributed by atoms with Crippen LogP contribution in [0.1, 0.15) is 13.3 Å². The van der Waals surface area contributed by atoms with Crippen molar-refractivity contribution in [3.8, 4) is 18.1 Å². The molecule has 0 aliphatic carbocycles. The first-order chi connectivity index (χ1) is 8.67. The quantitative estimate of drug-likeness (QED) is 0.611. The van der Waals surface area contributed by atoms with E-state index in [0.717, 1.165) is 0 Å². The lowest BCUT2D eigenvalue weighted by molar-refractivity contribution is -0.130. The summed E-state index contributed by atoms with van der Waals surface area (Å²) in [7, 11) is 0. The number of nitrogens with zero attached hydrogens (tertiary/aromatic N) is 1.